The number of halogens is 1. The van der Waals surface area contributed by atoms with Gasteiger partial charge >= 0.3 is 5.69 Å². The van der Waals surface area contributed by atoms with Gasteiger partial charge in [0.05, 0.1) is 6.61 Å². The van der Waals surface area contributed by atoms with Crippen LogP contribution in [-0.2, 0) is 14.5 Å². The van der Waals surface area contributed by atoms with Crippen molar-refractivity contribution in [2.24, 2.45) is 0 Å². The Labute approximate surface area is 168 Å². The lowest BCUT2D eigenvalue weighted by molar-refractivity contribution is -0.310. The monoisotopic (exact) mass is 418 g/mol. The highest BCUT2D eigenvalue weighted by Gasteiger charge is 2.44. The van der Waals surface area contributed by atoms with Crippen LogP contribution in [0.5, 0.6) is 0 Å². The van der Waals surface area contributed by atoms with Crippen molar-refractivity contribution in [3.63, 3.8) is 0 Å². The van der Waals surface area contributed by atoms with Gasteiger partial charge in [0.15, 0.2) is 6.23 Å². The predicted molar refractivity (Wildman–Crippen MR) is 102 cm³/mol. The Morgan fingerprint density at radius 1 is 1.17 bits per heavy atom. The molecule has 0 aliphatic carbocycles. The summed E-state index contributed by atoms with van der Waals surface area (Å²) >= 11 is 0. The molecule has 1 aromatic rings. The summed E-state index contributed by atoms with van der Waals surface area (Å²) in [5.41, 5.74) is -1.33. The van der Waals surface area contributed by atoms with E-state index in [-0.39, 0.29) is 13.2 Å². The van der Waals surface area contributed by atoms with E-state index < -0.39 is 42.0 Å². The fourth-order valence-corrected chi connectivity index (χ4v) is 3.19. The van der Waals surface area contributed by atoms with Crippen molar-refractivity contribution >= 4 is 0 Å². The molecule has 29 heavy (non-hydrogen) atoms. The molecule has 9 nitrogen and oxygen atoms in total. The van der Waals surface area contributed by atoms with Crippen molar-refractivity contribution in [3.05, 3.63) is 33.1 Å². The van der Waals surface area contributed by atoms with Crippen LogP contribution in [0.15, 0.2) is 21.9 Å². The van der Waals surface area contributed by atoms with Gasteiger partial charge in [-0.2, -0.15) is 0 Å². The Balaban J connectivity index is 1.64. The van der Waals surface area contributed by atoms with Crippen LogP contribution in [0.1, 0.15) is 58.1 Å². The number of nitrogens with one attached hydrogen (secondary N) is 1. The number of aliphatic hydroxyl groups excluding tert-OH is 2. The van der Waals surface area contributed by atoms with E-state index in [1.807, 2.05) is 0 Å². The van der Waals surface area contributed by atoms with Crippen LogP contribution >= 0.6 is 0 Å². The number of hydrogen-bond donors (Lipinski definition) is 3. The van der Waals surface area contributed by atoms with Gasteiger partial charge in [-0.25, -0.2) is 19.0 Å². The maximum absolute atomic E-state index is 13.6. The molecule has 0 bridgehead atoms. The summed E-state index contributed by atoms with van der Waals surface area (Å²) in [4.78, 5) is 35.1. The van der Waals surface area contributed by atoms with Crippen molar-refractivity contribution in [3.8, 4) is 0 Å². The Kier molecular flexibility index (Phi) is 9.95. The molecular formula is C19H31FN2O7. The summed E-state index contributed by atoms with van der Waals surface area (Å²) in [7, 11) is 0. The second-order valence-electron chi connectivity index (χ2n) is 7.26. The molecule has 0 spiro atoms. The lowest BCUT2D eigenvalue weighted by atomic mass is 10.1. The minimum absolute atomic E-state index is 0.157. The van der Waals surface area contributed by atoms with Gasteiger partial charge in [-0.3, -0.25) is 14.3 Å². The quantitative estimate of drug-likeness (QED) is 0.250. The highest BCUT2D eigenvalue weighted by Crippen LogP contribution is 2.28. The summed E-state index contributed by atoms with van der Waals surface area (Å²) in [6.45, 7) is 2.20. The van der Waals surface area contributed by atoms with Gasteiger partial charge in [0.25, 0.3) is 5.56 Å². The van der Waals surface area contributed by atoms with Gasteiger partial charge in [0.1, 0.15) is 31.1 Å². The third kappa shape index (κ3) is 7.31. The van der Waals surface area contributed by atoms with Crippen molar-refractivity contribution in [1.82, 2.24) is 9.55 Å². The zero-order valence-electron chi connectivity index (χ0n) is 16.7. The number of nitrogens with zero attached hydrogens (tertiary/aromatic N) is 1. The molecule has 5 atom stereocenters. The molecular weight excluding hydrogens is 387 g/mol. The van der Waals surface area contributed by atoms with Crippen molar-refractivity contribution in [2.75, 3.05) is 13.2 Å². The maximum atomic E-state index is 13.6. The molecule has 10 heteroatoms. The number of H-pyrrole nitrogens is 1. The molecule has 3 N–H and O–H groups in total. The van der Waals surface area contributed by atoms with E-state index in [4.69, 9.17) is 14.5 Å². The number of unbranched alkanes of at least 4 members (excludes halogenated alkanes) is 3. The van der Waals surface area contributed by atoms with Crippen molar-refractivity contribution < 1.29 is 29.1 Å². The first-order chi connectivity index (χ1) is 13.9. The lowest BCUT2D eigenvalue weighted by Crippen LogP contribution is -2.37. The Bertz CT molecular complexity index is 710. The molecule has 0 radical (unpaired) electrons. The zero-order valence-corrected chi connectivity index (χ0v) is 16.7. The Hall–Kier alpha value is -1.59. The van der Waals surface area contributed by atoms with Gasteiger partial charge in [-0.1, -0.05) is 26.2 Å². The van der Waals surface area contributed by atoms with Crippen molar-refractivity contribution in [2.45, 2.75) is 82.6 Å². The summed E-state index contributed by atoms with van der Waals surface area (Å²) in [5.74, 6) is 0. The second-order valence-corrected chi connectivity index (χ2v) is 7.26. The number of hydrogen-bond acceptors (Lipinski definition) is 7. The van der Waals surface area contributed by atoms with E-state index in [0.717, 1.165) is 29.9 Å². The van der Waals surface area contributed by atoms with Crippen LogP contribution in [0, 0.1) is 0 Å². The molecule has 1 unspecified atom stereocenters. The molecule has 1 aliphatic heterocycles. The van der Waals surface area contributed by atoms with Gasteiger partial charge < -0.3 is 14.9 Å². The molecule has 0 amide bonds. The zero-order chi connectivity index (χ0) is 21.2. The molecule has 0 saturated carbocycles. The van der Waals surface area contributed by atoms with Gasteiger partial charge in [-0.05, 0) is 25.7 Å². The number of aromatic amines is 1. The molecule has 2 heterocycles. The number of aromatic nitrogens is 2. The molecule has 1 saturated heterocycles. The summed E-state index contributed by atoms with van der Waals surface area (Å²) < 4.78 is 20.1. The number of ether oxygens (including phenoxy) is 1. The summed E-state index contributed by atoms with van der Waals surface area (Å²) in [6, 6.07) is 1.11. The van der Waals surface area contributed by atoms with E-state index >= 15 is 0 Å². The topological polar surface area (TPSA) is 123 Å². The van der Waals surface area contributed by atoms with E-state index in [9.17, 15) is 24.2 Å². The molecule has 0 aromatic carbocycles. The van der Waals surface area contributed by atoms with Gasteiger partial charge in [-0.15, -0.1) is 0 Å². The molecule has 1 aliphatic rings. The first kappa shape index (κ1) is 23.7. The standard InChI is InChI=1S/C19H31FN2O7/c1-2-3-4-7-13(20)8-5-6-11-27-28-12-14-16(24)17(25)18(29-14)22-10-9-15(23)21-19(22)26/h9-10,13-14,16-18,24-25H,2-8,11-12H2,1H3,(H,21,23,26)/t13?,14-,16-,17-,18-/m1/s1. The van der Waals surface area contributed by atoms with Crippen LogP contribution in [-0.4, -0.2) is 57.5 Å². The first-order valence-electron chi connectivity index (χ1n) is 10.2. The third-order valence-electron chi connectivity index (χ3n) is 4.89. The first-order valence-corrected chi connectivity index (χ1v) is 10.2. The SMILES string of the molecule is CCCCCC(F)CCCCOOC[C@H]1O[C@@H](n2ccc(=O)[nH]c2=O)[C@H](O)[C@@H]1O. The Morgan fingerprint density at radius 3 is 2.59 bits per heavy atom. The van der Waals surface area contributed by atoms with E-state index in [2.05, 4.69) is 11.9 Å². The largest absolute Gasteiger partial charge is 0.387 e. The highest BCUT2D eigenvalue weighted by molar-refractivity contribution is 4.93. The second kappa shape index (κ2) is 12.2. The van der Waals surface area contributed by atoms with E-state index in [1.165, 1.54) is 6.20 Å². The number of aliphatic hydroxyl groups is 2. The smallest absolute Gasteiger partial charge is 0.330 e. The third-order valence-corrected chi connectivity index (χ3v) is 4.89. The van der Waals surface area contributed by atoms with E-state index in [1.54, 1.807) is 0 Å². The highest BCUT2D eigenvalue weighted by atomic mass is 19.1. The predicted octanol–water partition coefficient (Wildman–Crippen LogP) is 1.19. The molecule has 2 rings (SSSR count). The number of alkyl halides is 1. The van der Waals surface area contributed by atoms with Crippen molar-refractivity contribution in [1.29, 1.82) is 0 Å². The Morgan fingerprint density at radius 2 is 1.90 bits per heavy atom. The van der Waals surface area contributed by atoms with Crippen LogP contribution in [0.3, 0.4) is 0 Å². The van der Waals surface area contributed by atoms with Crippen LogP contribution in [0.2, 0.25) is 0 Å². The molecule has 1 fully saturated rings. The summed E-state index contributed by atoms with van der Waals surface area (Å²) in [5, 5.41) is 20.2. The van der Waals surface area contributed by atoms with Crippen LogP contribution in [0.4, 0.5) is 4.39 Å². The van der Waals surface area contributed by atoms with Crippen LogP contribution < -0.4 is 11.2 Å². The normalized spacial score (nSPS) is 25.4. The van der Waals surface area contributed by atoms with Gasteiger partial charge in [0.2, 0.25) is 0 Å². The van der Waals surface area contributed by atoms with E-state index in [0.29, 0.717) is 25.7 Å². The minimum atomic E-state index is -1.37. The van der Waals surface area contributed by atoms with Gasteiger partial charge in [0, 0.05) is 12.3 Å². The number of rotatable bonds is 13. The maximum Gasteiger partial charge on any atom is 0.330 e. The fraction of sp³-hybridized carbons (Fsp3) is 0.789. The average Bonchev–Trinajstić information content (AvgIpc) is 2.96. The molecule has 166 valence electrons. The minimum Gasteiger partial charge on any atom is -0.387 e. The molecule has 1 aromatic heterocycles. The average molecular weight is 418 g/mol. The summed E-state index contributed by atoms with van der Waals surface area (Å²) in [6.07, 6.45) is 1.15. The fourth-order valence-electron chi connectivity index (χ4n) is 3.19. The lowest BCUT2D eigenvalue weighted by Gasteiger charge is -2.16. The van der Waals surface area contributed by atoms with Crippen LogP contribution in [0.25, 0.3) is 0 Å².